The monoisotopic (exact) mass is 294 g/mol. The smallest absolute Gasteiger partial charge is 0.409 e. The van der Waals surface area contributed by atoms with Crippen molar-refractivity contribution in [1.82, 2.24) is 9.80 Å². The normalized spacial score (nSPS) is 32.7. The number of hydrogen-bond donors (Lipinski definition) is 0. The van der Waals surface area contributed by atoms with Crippen LogP contribution in [0.15, 0.2) is 12.2 Å². The van der Waals surface area contributed by atoms with Crippen LogP contribution in [0, 0.1) is 0 Å². The molecule has 0 radical (unpaired) electrons. The second-order valence-corrected chi connectivity index (χ2v) is 6.68. The number of methoxy groups -OCH3 is 1. The van der Waals surface area contributed by atoms with Gasteiger partial charge in [-0.3, -0.25) is 4.90 Å². The second kappa shape index (κ2) is 5.97. The van der Waals surface area contributed by atoms with Crippen molar-refractivity contribution in [3.63, 3.8) is 0 Å². The Morgan fingerprint density at radius 1 is 1.43 bits per heavy atom. The number of hydrogen-bond acceptors (Lipinski definition) is 4. The SMILES string of the molecule is C=C1CN2[C@H](COC(=O)N3CCCC3)CC[C@@]2(COC)C1. The molecule has 3 fully saturated rings. The topological polar surface area (TPSA) is 42.0 Å². The fourth-order valence-corrected chi connectivity index (χ4v) is 4.18. The fraction of sp³-hybridized carbons (Fsp3) is 0.812. The number of rotatable bonds is 4. The minimum absolute atomic E-state index is 0.0938. The summed E-state index contributed by atoms with van der Waals surface area (Å²) in [6.45, 7) is 7.98. The first-order chi connectivity index (χ1) is 10.1. The molecule has 0 aromatic carbocycles. The summed E-state index contributed by atoms with van der Waals surface area (Å²) in [5.74, 6) is 0. The fourth-order valence-electron chi connectivity index (χ4n) is 4.18. The van der Waals surface area contributed by atoms with Crippen molar-refractivity contribution >= 4 is 6.09 Å². The molecule has 1 amide bonds. The van der Waals surface area contributed by atoms with Gasteiger partial charge in [-0.1, -0.05) is 12.2 Å². The van der Waals surface area contributed by atoms with Crippen LogP contribution in [-0.2, 0) is 9.47 Å². The minimum atomic E-state index is -0.144. The Labute approximate surface area is 126 Å². The number of ether oxygens (including phenoxy) is 2. The zero-order valence-corrected chi connectivity index (χ0v) is 13.0. The average Bonchev–Trinajstić information content (AvgIpc) is 3.13. The van der Waals surface area contributed by atoms with Crippen molar-refractivity contribution < 1.29 is 14.3 Å². The summed E-state index contributed by atoms with van der Waals surface area (Å²) < 4.78 is 11.0. The van der Waals surface area contributed by atoms with Gasteiger partial charge in [0, 0.05) is 38.3 Å². The van der Waals surface area contributed by atoms with Gasteiger partial charge in [0.05, 0.1) is 6.61 Å². The average molecular weight is 294 g/mol. The van der Waals surface area contributed by atoms with E-state index in [1.54, 1.807) is 7.11 Å². The van der Waals surface area contributed by atoms with E-state index in [1.807, 2.05) is 4.90 Å². The molecule has 3 saturated heterocycles. The van der Waals surface area contributed by atoms with E-state index in [0.717, 1.165) is 58.3 Å². The summed E-state index contributed by atoms with van der Waals surface area (Å²) in [5, 5.41) is 0. The first-order valence-corrected chi connectivity index (χ1v) is 7.99. The minimum Gasteiger partial charge on any atom is -0.448 e. The van der Waals surface area contributed by atoms with E-state index in [1.165, 1.54) is 5.57 Å². The van der Waals surface area contributed by atoms with Crippen LogP contribution in [0.3, 0.4) is 0 Å². The highest BCUT2D eigenvalue weighted by molar-refractivity contribution is 5.67. The van der Waals surface area contributed by atoms with Crippen LogP contribution in [0.5, 0.6) is 0 Å². The number of fused-ring (bicyclic) bond motifs is 1. The Bertz CT molecular complexity index is 420. The van der Waals surface area contributed by atoms with Crippen molar-refractivity contribution in [1.29, 1.82) is 0 Å². The summed E-state index contributed by atoms with van der Waals surface area (Å²) in [7, 11) is 1.76. The molecule has 0 aliphatic carbocycles. The van der Waals surface area contributed by atoms with Gasteiger partial charge in [-0.05, 0) is 32.1 Å². The number of amides is 1. The third-order valence-corrected chi connectivity index (χ3v) is 5.14. The van der Waals surface area contributed by atoms with Crippen molar-refractivity contribution in [2.75, 3.05) is 40.0 Å². The predicted octanol–water partition coefficient (Wildman–Crippen LogP) is 2.03. The lowest BCUT2D eigenvalue weighted by Crippen LogP contribution is -2.47. The van der Waals surface area contributed by atoms with Gasteiger partial charge in [-0.2, -0.15) is 0 Å². The number of carbonyl (C=O) groups is 1. The lowest BCUT2D eigenvalue weighted by Gasteiger charge is -2.34. The Morgan fingerprint density at radius 2 is 2.19 bits per heavy atom. The van der Waals surface area contributed by atoms with Crippen molar-refractivity contribution in [3.8, 4) is 0 Å². The molecule has 2 atom stereocenters. The van der Waals surface area contributed by atoms with Crippen molar-refractivity contribution in [3.05, 3.63) is 12.2 Å². The second-order valence-electron chi connectivity index (χ2n) is 6.68. The number of carbonyl (C=O) groups excluding carboxylic acids is 1. The highest BCUT2D eigenvalue weighted by atomic mass is 16.6. The third kappa shape index (κ3) is 2.81. The van der Waals surface area contributed by atoms with E-state index < -0.39 is 0 Å². The largest absolute Gasteiger partial charge is 0.448 e. The van der Waals surface area contributed by atoms with Crippen LogP contribution >= 0.6 is 0 Å². The lowest BCUT2D eigenvalue weighted by atomic mass is 9.94. The van der Waals surface area contributed by atoms with E-state index >= 15 is 0 Å². The third-order valence-electron chi connectivity index (χ3n) is 5.14. The highest BCUT2D eigenvalue weighted by Gasteiger charge is 2.50. The van der Waals surface area contributed by atoms with Crippen molar-refractivity contribution in [2.45, 2.75) is 43.7 Å². The molecule has 5 heteroatoms. The van der Waals surface area contributed by atoms with Gasteiger partial charge in [0.25, 0.3) is 0 Å². The van der Waals surface area contributed by atoms with Gasteiger partial charge in [0.1, 0.15) is 6.61 Å². The van der Waals surface area contributed by atoms with Crippen LogP contribution < -0.4 is 0 Å². The first kappa shape index (κ1) is 14.9. The van der Waals surface area contributed by atoms with E-state index in [-0.39, 0.29) is 11.6 Å². The van der Waals surface area contributed by atoms with Crippen LogP contribution in [0.2, 0.25) is 0 Å². The Hall–Kier alpha value is -1.07. The lowest BCUT2D eigenvalue weighted by molar-refractivity contribution is 0.0282. The molecule has 0 unspecified atom stereocenters. The van der Waals surface area contributed by atoms with Gasteiger partial charge in [-0.15, -0.1) is 0 Å². The quantitative estimate of drug-likeness (QED) is 0.744. The van der Waals surface area contributed by atoms with Gasteiger partial charge >= 0.3 is 6.09 Å². The summed E-state index contributed by atoms with van der Waals surface area (Å²) in [4.78, 5) is 16.3. The summed E-state index contributed by atoms with van der Waals surface area (Å²) in [6, 6.07) is 0.311. The van der Waals surface area contributed by atoms with Crippen LogP contribution in [0.4, 0.5) is 4.79 Å². The molecular weight excluding hydrogens is 268 g/mol. The molecular formula is C16H26N2O3. The summed E-state index contributed by atoms with van der Waals surface area (Å²) in [6.07, 6.45) is 5.24. The molecule has 3 heterocycles. The molecule has 0 spiro atoms. The number of nitrogens with zero attached hydrogens (tertiary/aromatic N) is 2. The van der Waals surface area contributed by atoms with E-state index in [0.29, 0.717) is 12.6 Å². The van der Waals surface area contributed by atoms with Gasteiger partial charge in [0.2, 0.25) is 0 Å². The standard InChI is InChI=1S/C16H26N2O3/c1-13-9-16(12-20-2)6-5-14(18(16)10-13)11-21-15(19)17-7-3-4-8-17/h14H,1,3-12H2,2H3/t14-,16-/m0/s1. The maximum atomic E-state index is 12.0. The summed E-state index contributed by atoms with van der Waals surface area (Å²) in [5.41, 5.74) is 1.36. The molecule has 3 aliphatic rings. The Morgan fingerprint density at radius 3 is 2.90 bits per heavy atom. The van der Waals surface area contributed by atoms with E-state index in [9.17, 15) is 4.79 Å². The van der Waals surface area contributed by atoms with Gasteiger partial charge < -0.3 is 14.4 Å². The molecule has 3 rings (SSSR count). The van der Waals surface area contributed by atoms with E-state index in [2.05, 4.69) is 11.5 Å². The molecule has 0 saturated carbocycles. The first-order valence-electron chi connectivity index (χ1n) is 7.99. The van der Waals surface area contributed by atoms with Crippen molar-refractivity contribution in [2.24, 2.45) is 0 Å². The molecule has 5 nitrogen and oxygen atoms in total. The van der Waals surface area contributed by atoms with E-state index in [4.69, 9.17) is 9.47 Å². The molecule has 0 aromatic rings. The highest BCUT2D eigenvalue weighted by Crippen LogP contribution is 2.44. The van der Waals surface area contributed by atoms with Gasteiger partial charge in [-0.25, -0.2) is 4.79 Å². The van der Waals surface area contributed by atoms with Gasteiger partial charge in [0.15, 0.2) is 0 Å². The molecule has 118 valence electrons. The maximum absolute atomic E-state index is 12.0. The van der Waals surface area contributed by atoms with Crippen LogP contribution in [0.1, 0.15) is 32.1 Å². The summed E-state index contributed by atoms with van der Waals surface area (Å²) >= 11 is 0. The Balaban J connectivity index is 1.57. The van der Waals surface area contributed by atoms with Crippen LogP contribution in [-0.4, -0.2) is 67.4 Å². The van der Waals surface area contributed by atoms with Crippen LogP contribution in [0.25, 0.3) is 0 Å². The zero-order chi connectivity index (χ0) is 14.9. The molecule has 21 heavy (non-hydrogen) atoms. The predicted molar refractivity (Wildman–Crippen MR) is 80.2 cm³/mol. The Kier molecular flexibility index (Phi) is 4.22. The molecule has 3 aliphatic heterocycles. The zero-order valence-electron chi connectivity index (χ0n) is 13.0. The molecule has 0 bridgehead atoms. The molecule has 0 aromatic heterocycles. The maximum Gasteiger partial charge on any atom is 0.409 e. The number of likely N-dealkylation sites (tertiary alicyclic amines) is 1. The molecule has 0 N–H and O–H groups in total.